The van der Waals surface area contributed by atoms with Crippen LogP contribution >= 0.6 is 0 Å². The molecule has 0 atom stereocenters. The molecular weight excluding hydrogens is 300 g/mol. The molecule has 0 aliphatic carbocycles. The van der Waals surface area contributed by atoms with Gasteiger partial charge in [0, 0.05) is 26.7 Å². The normalized spacial score (nSPS) is 15.0. The maximum Gasteiger partial charge on any atom is 0.227 e. The van der Waals surface area contributed by atoms with Crippen molar-refractivity contribution in [2.24, 2.45) is 7.05 Å². The lowest BCUT2D eigenvalue weighted by molar-refractivity contribution is 0.574. The SMILES string of the molecule is Cn1ncc2c(N3CCCCC3)nc(NCc3ccccc3)nc21. The molecule has 3 aromatic rings. The molecule has 124 valence electrons. The van der Waals surface area contributed by atoms with Crippen molar-refractivity contribution in [2.75, 3.05) is 23.3 Å². The first-order chi connectivity index (χ1) is 11.8. The van der Waals surface area contributed by atoms with E-state index in [9.17, 15) is 0 Å². The Kier molecular flexibility index (Phi) is 4.02. The number of benzene rings is 1. The molecule has 1 N–H and O–H groups in total. The molecule has 1 aliphatic rings. The van der Waals surface area contributed by atoms with Gasteiger partial charge in [0.25, 0.3) is 0 Å². The van der Waals surface area contributed by atoms with Crippen molar-refractivity contribution in [2.45, 2.75) is 25.8 Å². The average molecular weight is 322 g/mol. The van der Waals surface area contributed by atoms with Gasteiger partial charge in [-0.25, -0.2) is 0 Å². The zero-order chi connectivity index (χ0) is 16.4. The van der Waals surface area contributed by atoms with E-state index in [4.69, 9.17) is 4.98 Å². The molecule has 0 saturated carbocycles. The van der Waals surface area contributed by atoms with Gasteiger partial charge in [0.1, 0.15) is 5.82 Å². The first-order valence-electron chi connectivity index (χ1n) is 8.54. The van der Waals surface area contributed by atoms with Gasteiger partial charge in [-0.1, -0.05) is 30.3 Å². The van der Waals surface area contributed by atoms with Crippen LogP contribution in [-0.2, 0) is 13.6 Å². The number of hydrogen-bond donors (Lipinski definition) is 1. The van der Waals surface area contributed by atoms with Gasteiger partial charge in [-0.15, -0.1) is 0 Å². The molecule has 3 heterocycles. The lowest BCUT2D eigenvalue weighted by Gasteiger charge is -2.28. The molecule has 6 nitrogen and oxygen atoms in total. The fraction of sp³-hybridized carbons (Fsp3) is 0.389. The predicted molar refractivity (Wildman–Crippen MR) is 96.1 cm³/mol. The highest BCUT2D eigenvalue weighted by Crippen LogP contribution is 2.27. The van der Waals surface area contributed by atoms with Crippen LogP contribution < -0.4 is 10.2 Å². The van der Waals surface area contributed by atoms with Gasteiger partial charge >= 0.3 is 0 Å². The molecule has 0 radical (unpaired) electrons. The second kappa shape index (κ2) is 6.47. The number of aromatic nitrogens is 4. The molecule has 2 aromatic heterocycles. The summed E-state index contributed by atoms with van der Waals surface area (Å²) in [5, 5.41) is 8.76. The van der Waals surface area contributed by atoms with Gasteiger partial charge in [-0.2, -0.15) is 15.1 Å². The first-order valence-corrected chi connectivity index (χ1v) is 8.54. The van der Waals surface area contributed by atoms with Gasteiger partial charge in [0.15, 0.2) is 5.65 Å². The van der Waals surface area contributed by atoms with Crippen LogP contribution in [0.5, 0.6) is 0 Å². The summed E-state index contributed by atoms with van der Waals surface area (Å²) in [6, 6.07) is 10.3. The van der Waals surface area contributed by atoms with E-state index >= 15 is 0 Å². The highest BCUT2D eigenvalue weighted by molar-refractivity contribution is 5.88. The Morgan fingerprint density at radius 3 is 2.62 bits per heavy atom. The van der Waals surface area contributed by atoms with Crippen LogP contribution in [0.25, 0.3) is 11.0 Å². The summed E-state index contributed by atoms with van der Waals surface area (Å²) in [5.74, 6) is 1.67. The maximum absolute atomic E-state index is 4.80. The maximum atomic E-state index is 4.80. The number of nitrogens with zero attached hydrogens (tertiary/aromatic N) is 5. The average Bonchev–Trinajstić information content (AvgIpc) is 3.02. The Hall–Kier alpha value is -2.63. The number of fused-ring (bicyclic) bond motifs is 1. The van der Waals surface area contributed by atoms with Gasteiger partial charge in [0.2, 0.25) is 5.95 Å². The standard InChI is InChI=1S/C18H22N6/c1-23-16-15(13-20-23)17(24-10-6-3-7-11-24)22-18(21-16)19-12-14-8-4-2-5-9-14/h2,4-5,8-9,13H,3,6-7,10-12H2,1H3,(H,19,21,22). The summed E-state index contributed by atoms with van der Waals surface area (Å²) in [7, 11) is 1.93. The third-order valence-corrected chi connectivity index (χ3v) is 4.52. The smallest absolute Gasteiger partial charge is 0.227 e. The van der Waals surface area contributed by atoms with Crippen molar-refractivity contribution in [1.29, 1.82) is 0 Å². The van der Waals surface area contributed by atoms with Crippen molar-refractivity contribution in [3.63, 3.8) is 0 Å². The first kappa shape index (κ1) is 14.9. The third-order valence-electron chi connectivity index (χ3n) is 4.52. The molecule has 0 unspecified atom stereocenters. The summed E-state index contributed by atoms with van der Waals surface area (Å²) in [5.41, 5.74) is 2.09. The topological polar surface area (TPSA) is 58.9 Å². The molecule has 0 amide bonds. The Morgan fingerprint density at radius 1 is 1.04 bits per heavy atom. The molecule has 4 rings (SSSR count). The van der Waals surface area contributed by atoms with Gasteiger partial charge in [-0.3, -0.25) is 4.68 Å². The molecule has 0 spiro atoms. The monoisotopic (exact) mass is 322 g/mol. The number of anilines is 2. The van der Waals surface area contributed by atoms with Crippen LogP contribution in [-0.4, -0.2) is 32.8 Å². The Morgan fingerprint density at radius 2 is 1.83 bits per heavy atom. The fourth-order valence-electron chi connectivity index (χ4n) is 3.21. The van der Waals surface area contributed by atoms with Crippen LogP contribution in [0, 0.1) is 0 Å². The molecule has 6 heteroatoms. The minimum absolute atomic E-state index is 0.663. The number of hydrogen-bond acceptors (Lipinski definition) is 5. The van der Waals surface area contributed by atoms with E-state index in [0.717, 1.165) is 29.9 Å². The Balaban J connectivity index is 1.66. The number of rotatable bonds is 4. The van der Waals surface area contributed by atoms with E-state index in [0.29, 0.717) is 12.5 Å². The van der Waals surface area contributed by atoms with Crippen molar-refractivity contribution in [3.8, 4) is 0 Å². The lowest BCUT2D eigenvalue weighted by Crippen LogP contribution is -2.30. The van der Waals surface area contributed by atoms with Crippen molar-refractivity contribution < 1.29 is 0 Å². The number of piperidine rings is 1. The van der Waals surface area contributed by atoms with E-state index < -0.39 is 0 Å². The van der Waals surface area contributed by atoms with Gasteiger partial charge < -0.3 is 10.2 Å². The summed E-state index contributed by atoms with van der Waals surface area (Å²) in [6.45, 7) is 2.82. The summed E-state index contributed by atoms with van der Waals surface area (Å²) < 4.78 is 1.82. The van der Waals surface area contributed by atoms with Crippen LogP contribution in [0.2, 0.25) is 0 Å². The van der Waals surface area contributed by atoms with Crippen molar-refractivity contribution in [3.05, 3.63) is 42.1 Å². The highest BCUT2D eigenvalue weighted by atomic mass is 15.3. The van der Waals surface area contributed by atoms with Gasteiger partial charge in [-0.05, 0) is 24.8 Å². The summed E-state index contributed by atoms with van der Waals surface area (Å²) >= 11 is 0. The third kappa shape index (κ3) is 2.91. The fourth-order valence-corrected chi connectivity index (χ4v) is 3.21. The van der Waals surface area contributed by atoms with Crippen molar-refractivity contribution >= 4 is 22.8 Å². The predicted octanol–water partition coefficient (Wildman–Crippen LogP) is 2.97. The molecular formula is C18H22N6. The van der Waals surface area contributed by atoms with Crippen LogP contribution in [0.4, 0.5) is 11.8 Å². The van der Waals surface area contributed by atoms with Crippen molar-refractivity contribution in [1.82, 2.24) is 19.7 Å². The molecule has 1 fully saturated rings. The zero-order valence-electron chi connectivity index (χ0n) is 13.9. The van der Waals surface area contributed by atoms with Crippen LogP contribution in [0.3, 0.4) is 0 Å². The van der Waals surface area contributed by atoms with E-state index in [1.807, 2.05) is 36.1 Å². The van der Waals surface area contributed by atoms with Gasteiger partial charge in [0.05, 0.1) is 11.6 Å². The zero-order valence-corrected chi connectivity index (χ0v) is 13.9. The number of aryl methyl sites for hydroxylation is 1. The second-order valence-corrected chi connectivity index (χ2v) is 6.26. The summed E-state index contributed by atoms with van der Waals surface area (Å²) in [6.07, 6.45) is 5.62. The van der Waals surface area contributed by atoms with E-state index in [2.05, 4.69) is 32.4 Å². The largest absolute Gasteiger partial charge is 0.356 e. The molecule has 0 bridgehead atoms. The minimum atomic E-state index is 0.663. The minimum Gasteiger partial charge on any atom is -0.356 e. The molecule has 24 heavy (non-hydrogen) atoms. The van der Waals surface area contributed by atoms with Crippen LogP contribution in [0.1, 0.15) is 24.8 Å². The Bertz CT molecular complexity index is 820. The lowest BCUT2D eigenvalue weighted by atomic mass is 10.1. The van der Waals surface area contributed by atoms with E-state index in [1.165, 1.54) is 24.8 Å². The Labute approximate surface area is 141 Å². The molecule has 1 aromatic carbocycles. The highest BCUT2D eigenvalue weighted by Gasteiger charge is 2.19. The quantitative estimate of drug-likeness (QED) is 0.800. The van der Waals surface area contributed by atoms with Crippen LogP contribution in [0.15, 0.2) is 36.5 Å². The second-order valence-electron chi connectivity index (χ2n) is 6.26. The molecule has 1 saturated heterocycles. The summed E-state index contributed by atoms with van der Waals surface area (Å²) in [4.78, 5) is 11.8. The molecule has 1 aliphatic heterocycles. The van der Waals surface area contributed by atoms with E-state index in [1.54, 1.807) is 0 Å². The number of nitrogens with one attached hydrogen (secondary N) is 1. The van der Waals surface area contributed by atoms with E-state index in [-0.39, 0.29) is 0 Å².